The highest BCUT2D eigenvalue weighted by Crippen LogP contribution is 2.33. The Kier molecular flexibility index (Phi) is 6.01. The van der Waals surface area contributed by atoms with Gasteiger partial charge >= 0.3 is 0 Å². The van der Waals surface area contributed by atoms with E-state index in [0.717, 1.165) is 36.4 Å². The third-order valence-corrected chi connectivity index (χ3v) is 4.66. The lowest BCUT2D eigenvalue weighted by Gasteiger charge is -2.17. The second kappa shape index (κ2) is 8.62. The van der Waals surface area contributed by atoms with Crippen LogP contribution < -0.4 is 16.2 Å². The van der Waals surface area contributed by atoms with Gasteiger partial charge in [0, 0.05) is 35.8 Å². The van der Waals surface area contributed by atoms with Crippen LogP contribution in [0.1, 0.15) is 44.6 Å². The summed E-state index contributed by atoms with van der Waals surface area (Å²) in [5.74, 6) is 2.10. The maximum atomic E-state index is 6.26. The fraction of sp³-hybridized carbons (Fsp3) is 0.400. The minimum atomic E-state index is 0.104. The maximum Gasteiger partial charge on any atom is 0.217 e. The van der Waals surface area contributed by atoms with Crippen LogP contribution in [-0.4, -0.2) is 26.9 Å². The molecule has 0 amide bonds. The van der Waals surface area contributed by atoms with E-state index < -0.39 is 0 Å². The molecule has 0 spiro atoms. The van der Waals surface area contributed by atoms with Gasteiger partial charge in [0.15, 0.2) is 5.82 Å². The summed E-state index contributed by atoms with van der Waals surface area (Å²) >= 11 is 0. The van der Waals surface area contributed by atoms with E-state index >= 15 is 0 Å². The number of rotatable bonds is 6. The first kappa shape index (κ1) is 18.8. The van der Waals surface area contributed by atoms with Crippen LogP contribution in [0.15, 0.2) is 53.7 Å². The Balaban J connectivity index is 1.63. The van der Waals surface area contributed by atoms with E-state index in [0.29, 0.717) is 17.6 Å². The Morgan fingerprint density at radius 3 is 2.81 bits per heavy atom. The molecule has 27 heavy (non-hydrogen) atoms. The Morgan fingerprint density at radius 1 is 1.22 bits per heavy atom. The van der Waals surface area contributed by atoms with Crippen molar-refractivity contribution >= 4 is 11.7 Å². The molecule has 2 unspecified atom stereocenters. The zero-order chi connectivity index (χ0) is 19.2. The molecule has 7 nitrogen and oxygen atoms in total. The van der Waals surface area contributed by atoms with Crippen molar-refractivity contribution in [3.8, 4) is 5.88 Å². The predicted octanol–water partition coefficient (Wildman–Crippen LogP) is 3.07. The number of amidine groups is 1. The molecule has 0 radical (unpaired) electrons. The second-order valence-corrected chi connectivity index (χ2v) is 7.05. The van der Waals surface area contributed by atoms with Gasteiger partial charge in [-0.3, -0.25) is 4.98 Å². The van der Waals surface area contributed by atoms with Crippen LogP contribution in [0.25, 0.3) is 0 Å². The average Bonchev–Trinajstić information content (AvgIpc) is 3.11. The van der Waals surface area contributed by atoms with Gasteiger partial charge in [0.25, 0.3) is 0 Å². The second-order valence-electron chi connectivity index (χ2n) is 7.05. The highest BCUT2D eigenvalue weighted by atomic mass is 16.5. The first-order valence-corrected chi connectivity index (χ1v) is 9.21. The van der Waals surface area contributed by atoms with Gasteiger partial charge in [-0.05, 0) is 37.3 Å². The van der Waals surface area contributed by atoms with Crippen LogP contribution in [0.3, 0.4) is 0 Å². The van der Waals surface area contributed by atoms with Gasteiger partial charge in [0.1, 0.15) is 11.9 Å². The summed E-state index contributed by atoms with van der Waals surface area (Å²) in [6, 6.07) is 4.01. The van der Waals surface area contributed by atoms with Crippen LogP contribution in [0.5, 0.6) is 5.88 Å². The Bertz CT molecular complexity index is 818. The van der Waals surface area contributed by atoms with Gasteiger partial charge in [-0.1, -0.05) is 19.9 Å². The number of ether oxygens (including phenoxy) is 1. The molecule has 2 aromatic rings. The molecule has 7 heteroatoms. The summed E-state index contributed by atoms with van der Waals surface area (Å²) in [7, 11) is 0. The third-order valence-electron chi connectivity index (χ3n) is 4.66. The summed E-state index contributed by atoms with van der Waals surface area (Å²) in [5.41, 5.74) is 14.1. The van der Waals surface area contributed by atoms with E-state index in [1.54, 1.807) is 30.9 Å². The molecule has 0 bridgehead atoms. The van der Waals surface area contributed by atoms with E-state index in [1.165, 1.54) is 0 Å². The number of hydrogen-bond acceptors (Lipinski definition) is 6. The van der Waals surface area contributed by atoms with E-state index in [1.807, 2.05) is 6.07 Å². The van der Waals surface area contributed by atoms with Crippen molar-refractivity contribution < 1.29 is 4.74 Å². The number of aliphatic imine (C=N–C) groups is 1. The summed E-state index contributed by atoms with van der Waals surface area (Å²) in [4.78, 5) is 16.7. The lowest BCUT2D eigenvalue weighted by molar-refractivity contribution is 0.195. The van der Waals surface area contributed by atoms with Gasteiger partial charge in [-0.15, -0.1) is 0 Å². The summed E-state index contributed by atoms with van der Waals surface area (Å²) in [6.07, 6.45) is 11.0. The van der Waals surface area contributed by atoms with Gasteiger partial charge in [0.05, 0.1) is 6.20 Å². The zero-order valence-electron chi connectivity index (χ0n) is 15.7. The van der Waals surface area contributed by atoms with E-state index in [4.69, 9.17) is 16.2 Å². The first-order valence-electron chi connectivity index (χ1n) is 9.21. The molecule has 1 fully saturated rings. The smallest absolute Gasteiger partial charge is 0.217 e. The Labute approximate surface area is 159 Å². The molecule has 2 aromatic heterocycles. The van der Waals surface area contributed by atoms with Crippen molar-refractivity contribution in [2.75, 3.05) is 0 Å². The fourth-order valence-electron chi connectivity index (χ4n) is 3.25. The van der Waals surface area contributed by atoms with Crippen molar-refractivity contribution in [2.24, 2.45) is 22.4 Å². The minimum absolute atomic E-state index is 0.104. The molecule has 1 saturated carbocycles. The van der Waals surface area contributed by atoms with Crippen LogP contribution >= 0.6 is 0 Å². The molecule has 1 aliphatic rings. The standard InChI is InChI=1S/C20H26N6O/c1-13(2)16-4-3-7-25-20(16)27-15-6-5-14(10-15)17(21)11-18(22)26-19-12-23-8-9-24-19/h3-4,7-9,11-15H,5-6,10,21H2,1-2H3,(H2,22,24,26)/b17-11-. The number of aromatic nitrogens is 3. The molecule has 3 rings (SSSR count). The highest BCUT2D eigenvalue weighted by molar-refractivity contribution is 5.93. The van der Waals surface area contributed by atoms with Crippen LogP contribution in [0, 0.1) is 5.92 Å². The lowest BCUT2D eigenvalue weighted by Crippen LogP contribution is -2.18. The quantitative estimate of drug-likeness (QED) is 0.600. The topological polar surface area (TPSA) is 112 Å². The largest absolute Gasteiger partial charge is 0.474 e. The number of pyridine rings is 1. The maximum absolute atomic E-state index is 6.26. The number of nitrogens with two attached hydrogens (primary N) is 2. The predicted molar refractivity (Wildman–Crippen MR) is 106 cm³/mol. The van der Waals surface area contributed by atoms with Crippen LogP contribution in [0.2, 0.25) is 0 Å². The Hall–Kier alpha value is -2.96. The minimum Gasteiger partial charge on any atom is -0.474 e. The average molecular weight is 366 g/mol. The monoisotopic (exact) mass is 366 g/mol. The molecule has 0 aromatic carbocycles. The zero-order valence-corrected chi connectivity index (χ0v) is 15.7. The molecule has 0 saturated heterocycles. The fourth-order valence-corrected chi connectivity index (χ4v) is 3.25. The molecule has 0 aliphatic heterocycles. The molecule has 2 heterocycles. The van der Waals surface area contributed by atoms with Crippen LogP contribution in [-0.2, 0) is 0 Å². The van der Waals surface area contributed by atoms with Gasteiger partial charge in [-0.25, -0.2) is 15.0 Å². The van der Waals surface area contributed by atoms with Crippen molar-refractivity contribution in [3.05, 3.63) is 54.3 Å². The van der Waals surface area contributed by atoms with Crippen molar-refractivity contribution in [1.29, 1.82) is 0 Å². The number of nitrogens with zero attached hydrogens (tertiary/aromatic N) is 4. The molecular formula is C20H26N6O. The SMILES string of the molecule is CC(C)c1cccnc1OC1CCC(/C(N)=C/C(N)=Nc2cnccn2)C1. The molecular weight excluding hydrogens is 340 g/mol. The summed E-state index contributed by atoms with van der Waals surface area (Å²) in [5, 5.41) is 0. The Morgan fingerprint density at radius 2 is 2.07 bits per heavy atom. The normalized spacial score (nSPS) is 20.9. The van der Waals surface area contributed by atoms with Crippen molar-refractivity contribution in [1.82, 2.24) is 15.0 Å². The summed E-state index contributed by atoms with van der Waals surface area (Å²) in [6.45, 7) is 4.28. The molecule has 4 N–H and O–H groups in total. The molecule has 142 valence electrons. The highest BCUT2D eigenvalue weighted by Gasteiger charge is 2.29. The lowest BCUT2D eigenvalue weighted by atomic mass is 10.0. The van der Waals surface area contributed by atoms with Gasteiger partial charge < -0.3 is 16.2 Å². The van der Waals surface area contributed by atoms with Gasteiger partial charge in [-0.2, -0.15) is 0 Å². The number of allylic oxidation sites excluding steroid dienone is 1. The van der Waals surface area contributed by atoms with E-state index in [2.05, 4.69) is 39.9 Å². The first-order chi connectivity index (χ1) is 13.0. The molecule has 1 aliphatic carbocycles. The number of hydrogen-bond donors (Lipinski definition) is 2. The summed E-state index contributed by atoms with van der Waals surface area (Å²) < 4.78 is 6.18. The molecule has 2 atom stereocenters. The third kappa shape index (κ3) is 5.03. The van der Waals surface area contributed by atoms with Crippen LogP contribution in [0.4, 0.5) is 5.82 Å². The van der Waals surface area contributed by atoms with E-state index in [-0.39, 0.29) is 12.0 Å². The van der Waals surface area contributed by atoms with Crippen molar-refractivity contribution in [3.63, 3.8) is 0 Å². The van der Waals surface area contributed by atoms with Crippen molar-refractivity contribution in [2.45, 2.75) is 45.1 Å². The van der Waals surface area contributed by atoms with E-state index in [9.17, 15) is 0 Å². The van der Waals surface area contributed by atoms with Gasteiger partial charge in [0.2, 0.25) is 5.88 Å².